The van der Waals surface area contributed by atoms with E-state index in [1.807, 2.05) is 6.92 Å². The summed E-state index contributed by atoms with van der Waals surface area (Å²) < 4.78 is 5.82. The molecule has 1 aromatic carbocycles. The number of carbonyl (C=O) groups is 1. The SMILES string of the molecule is Cc1ccc(C)c(OCCCCC(=O)NCCCCc2nc(C)cs2)c1. The zero-order chi connectivity index (χ0) is 18.8. The zero-order valence-corrected chi connectivity index (χ0v) is 17.0. The van der Waals surface area contributed by atoms with E-state index in [4.69, 9.17) is 4.74 Å². The van der Waals surface area contributed by atoms with Crippen LogP contribution < -0.4 is 10.1 Å². The second kappa shape index (κ2) is 11.0. The molecule has 142 valence electrons. The minimum atomic E-state index is 0.141. The quantitative estimate of drug-likeness (QED) is 0.577. The van der Waals surface area contributed by atoms with Crippen molar-refractivity contribution in [2.24, 2.45) is 0 Å². The summed E-state index contributed by atoms with van der Waals surface area (Å²) in [5.74, 6) is 1.09. The first-order valence-corrected chi connectivity index (χ1v) is 10.3. The number of rotatable bonds is 11. The van der Waals surface area contributed by atoms with Gasteiger partial charge in [-0.05, 0) is 70.1 Å². The molecule has 26 heavy (non-hydrogen) atoms. The summed E-state index contributed by atoms with van der Waals surface area (Å²) in [5.41, 5.74) is 3.45. The number of benzene rings is 1. The van der Waals surface area contributed by atoms with Crippen LogP contribution >= 0.6 is 11.3 Å². The fourth-order valence-corrected chi connectivity index (χ4v) is 3.49. The van der Waals surface area contributed by atoms with Crippen LogP contribution in [0.15, 0.2) is 23.6 Å². The van der Waals surface area contributed by atoms with Crippen LogP contribution in [-0.2, 0) is 11.2 Å². The summed E-state index contributed by atoms with van der Waals surface area (Å²) in [4.78, 5) is 16.3. The van der Waals surface area contributed by atoms with E-state index in [-0.39, 0.29) is 5.91 Å². The number of hydrogen-bond acceptors (Lipinski definition) is 4. The van der Waals surface area contributed by atoms with Crippen molar-refractivity contribution in [3.8, 4) is 5.75 Å². The molecule has 0 atom stereocenters. The van der Waals surface area contributed by atoms with Gasteiger partial charge in [0.05, 0.1) is 11.6 Å². The lowest BCUT2D eigenvalue weighted by molar-refractivity contribution is -0.121. The minimum Gasteiger partial charge on any atom is -0.493 e. The summed E-state index contributed by atoms with van der Waals surface area (Å²) in [6.07, 6.45) is 5.39. The Morgan fingerprint density at radius 1 is 1.15 bits per heavy atom. The summed E-state index contributed by atoms with van der Waals surface area (Å²) in [5, 5.41) is 6.28. The van der Waals surface area contributed by atoms with Crippen molar-refractivity contribution < 1.29 is 9.53 Å². The van der Waals surface area contributed by atoms with Gasteiger partial charge in [0.15, 0.2) is 0 Å². The topological polar surface area (TPSA) is 51.2 Å². The average molecular weight is 375 g/mol. The number of amides is 1. The first-order chi connectivity index (χ1) is 12.5. The Morgan fingerprint density at radius 2 is 2.00 bits per heavy atom. The molecule has 5 heteroatoms. The van der Waals surface area contributed by atoms with E-state index in [2.05, 4.69) is 47.7 Å². The smallest absolute Gasteiger partial charge is 0.219 e. The molecule has 0 radical (unpaired) electrons. The largest absolute Gasteiger partial charge is 0.493 e. The maximum Gasteiger partial charge on any atom is 0.219 e. The molecule has 4 nitrogen and oxygen atoms in total. The van der Waals surface area contributed by atoms with Crippen molar-refractivity contribution >= 4 is 17.2 Å². The maximum absolute atomic E-state index is 11.8. The van der Waals surface area contributed by atoms with Crippen LogP contribution in [0.2, 0.25) is 0 Å². The highest BCUT2D eigenvalue weighted by atomic mass is 32.1. The average Bonchev–Trinajstić information content (AvgIpc) is 3.02. The van der Waals surface area contributed by atoms with Crippen molar-refractivity contribution in [1.29, 1.82) is 0 Å². The molecule has 0 aliphatic carbocycles. The third kappa shape index (κ3) is 7.56. The minimum absolute atomic E-state index is 0.141. The molecule has 1 aromatic heterocycles. The molecule has 0 unspecified atom stereocenters. The van der Waals surface area contributed by atoms with Crippen LogP contribution in [0.4, 0.5) is 0 Å². The molecular formula is C21H30N2O2S. The zero-order valence-electron chi connectivity index (χ0n) is 16.1. The third-order valence-corrected chi connectivity index (χ3v) is 5.23. The van der Waals surface area contributed by atoms with E-state index in [1.54, 1.807) is 11.3 Å². The molecule has 1 N–H and O–H groups in total. The number of hydrogen-bond donors (Lipinski definition) is 1. The fraction of sp³-hybridized carbons (Fsp3) is 0.524. The molecule has 0 aliphatic heterocycles. The lowest BCUT2D eigenvalue weighted by Gasteiger charge is -2.10. The van der Waals surface area contributed by atoms with Gasteiger partial charge in [0.25, 0.3) is 0 Å². The lowest BCUT2D eigenvalue weighted by atomic mass is 10.1. The molecule has 0 bridgehead atoms. The predicted octanol–water partition coefficient (Wildman–Crippen LogP) is 4.76. The highest BCUT2D eigenvalue weighted by Gasteiger charge is 2.03. The molecule has 0 aliphatic rings. The molecule has 0 spiro atoms. The summed E-state index contributed by atoms with van der Waals surface area (Å²) >= 11 is 1.72. The summed E-state index contributed by atoms with van der Waals surface area (Å²) in [6, 6.07) is 6.23. The summed E-state index contributed by atoms with van der Waals surface area (Å²) in [6.45, 7) is 7.55. The number of nitrogens with zero attached hydrogens (tertiary/aromatic N) is 1. The Morgan fingerprint density at radius 3 is 2.77 bits per heavy atom. The Balaban J connectivity index is 1.48. The number of aromatic nitrogens is 1. The predicted molar refractivity (Wildman–Crippen MR) is 108 cm³/mol. The van der Waals surface area contributed by atoms with E-state index in [0.717, 1.165) is 55.7 Å². The van der Waals surface area contributed by atoms with Gasteiger partial charge < -0.3 is 10.1 Å². The maximum atomic E-state index is 11.8. The monoisotopic (exact) mass is 374 g/mol. The van der Waals surface area contributed by atoms with Crippen LogP contribution in [0.3, 0.4) is 0 Å². The Labute approximate surface area is 161 Å². The molecule has 2 aromatic rings. The van der Waals surface area contributed by atoms with Gasteiger partial charge in [-0.3, -0.25) is 4.79 Å². The highest BCUT2D eigenvalue weighted by Crippen LogP contribution is 2.19. The van der Waals surface area contributed by atoms with Gasteiger partial charge in [0.1, 0.15) is 5.75 Å². The normalized spacial score (nSPS) is 10.7. The molecule has 0 saturated carbocycles. The van der Waals surface area contributed by atoms with Crippen molar-refractivity contribution in [3.05, 3.63) is 45.4 Å². The van der Waals surface area contributed by atoms with E-state index in [1.165, 1.54) is 10.6 Å². The second-order valence-electron chi connectivity index (χ2n) is 6.76. The van der Waals surface area contributed by atoms with Gasteiger partial charge in [0.2, 0.25) is 5.91 Å². The molecule has 0 fully saturated rings. The number of ether oxygens (including phenoxy) is 1. The van der Waals surface area contributed by atoms with Crippen molar-refractivity contribution in [2.45, 2.75) is 59.3 Å². The third-order valence-electron chi connectivity index (χ3n) is 4.21. The molecule has 2 rings (SSSR count). The van der Waals surface area contributed by atoms with Crippen molar-refractivity contribution in [1.82, 2.24) is 10.3 Å². The van der Waals surface area contributed by atoms with Gasteiger partial charge >= 0.3 is 0 Å². The summed E-state index contributed by atoms with van der Waals surface area (Å²) in [7, 11) is 0. The first-order valence-electron chi connectivity index (χ1n) is 9.42. The van der Waals surface area contributed by atoms with Crippen LogP contribution in [0.1, 0.15) is 53.9 Å². The number of thiazole rings is 1. The lowest BCUT2D eigenvalue weighted by Crippen LogP contribution is -2.24. The molecule has 0 saturated heterocycles. The molecule has 1 heterocycles. The van der Waals surface area contributed by atoms with Crippen molar-refractivity contribution in [2.75, 3.05) is 13.2 Å². The van der Waals surface area contributed by atoms with Gasteiger partial charge in [-0.25, -0.2) is 4.98 Å². The molecule has 1 amide bonds. The van der Waals surface area contributed by atoms with Gasteiger partial charge in [-0.15, -0.1) is 11.3 Å². The Kier molecular flexibility index (Phi) is 8.62. The van der Waals surface area contributed by atoms with Crippen LogP contribution in [0, 0.1) is 20.8 Å². The van der Waals surface area contributed by atoms with Gasteiger partial charge in [-0.2, -0.15) is 0 Å². The Bertz CT molecular complexity index is 697. The number of carbonyl (C=O) groups excluding carboxylic acids is 1. The Hall–Kier alpha value is -1.88. The van der Waals surface area contributed by atoms with Gasteiger partial charge in [-0.1, -0.05) is 12.1 Å². The van der Waals surface area contributed by atoms with E-state index >= 15 is 0 Å². The van der Waals surface area contributed by atoms with E-state index < -0.39 is 0 Å². The van der Waals surface area contributed by atoms with Gasteiger partial charge in [0, 0.05) is 24.0 Å². The fourth-order valence-electron chi connectivity index (χ4n) is 2.67. The second-order valence-corrected chi connectivity index (χ2v) is 7.71. The van der Waals surface area contributed by atoms with E-state index in [9.17, 15) is 4.79 Å². The number of aryl methyl sites for hydroxylation is 4. The number of unbranched alkanes of at least 4 members (excludes halogenated alkanes) is 2. The standard InChI is InChI=1S/C21H30N2O2S/c1-16-10-11-17(2)19(14-16)25-13-7-5-8-20(24)22-12-6-4-9-21-23-18(3)15-26-21/h10-11,14-15H,4-9,12-13H2,1-3H3,(H,22,24). The van der Waals surface area contributed by atoms with Crippen LogP contribution in [-0.4, -0.2) is 24.0 Å². The highest BCUT2D eigenvalue weighted by molar-refractivity contribution is 7.09. The first kappa shape index (κ1) is 20.4. The van der Waals surface area contributed by atoms with Crippen LogP contribution in [0.25, 0.3) is 0 Å². The number of nitrogens with one attached hydrogen (secondary N) is 1. The molecular weight excluding hydrogens is 344 g/mol. The van der Waals surface area contributed by atoms with Crippen LogP contribution in [0.5, 0.6) is 5.75 Å². The van der Waals surface area contributed by atoms with E-state index in [0.29, 0.717) is 13.0 Å². The van der Waals surface area contributed by atoms with Crippen molar-refractivity contribution in [3.63, 3.8) is 0 Å².